The topological polar surface area (TPSA) is 61.4 Å². The Morgan fingerprint density at radius 2 is 2.00 bits per heavy atom. The molecule has 2 rings (SSSR count). The number of methoxy groups -OCH3 is 1. The predicted octanol–water partition coefficient (Wildman–Crippen LogP) is 1.66. The van der Waals surface area contributed by atoms with Crippen molar-refractivity contribution in [2.75, 3.05) is 67.0 Å². The van der Waals surface area contributed by atoms with E-state index in [4.69, 9.17) is 9.47 Å². The first-order valence-electron chi connectivity index (χ1n) is 10.3. The first kappa shape index (κ1) is 22.3. The summed E-state index contributed by atoms with van der Waals surface area (Å²) >= 11 is 0. The van der Waals surface area contributed by atoms with Crippen molar-refractivity contribution < 1.29 is 9.47 Å². The highest BCUT2D eigenvalue weighted by Crippen LogP contribution is 2.19. The third-order valence-corrected chi connectivity index (χ3v) is 4.91. The van der Waals surface area contributed by atoms with E-state index < -0.39 is 0 Å². The van der Waals surface area contributed by atoms with Crippen molar-refractivity contribution in [2.24, 2.45) is 4.99 Å². The number of nitrogens with zero attached hydrogens (tertiary/aromatic N) is 3. The minimum Gasteiger partial charge on any atom is -0.497 e. The lowest BCUT2D eigenvalue weighted by Gasteiger charge is -2.21. The smallest absolute Gasteiger partial charge is 0.191 e. The molecule has 0 aliphatic carbocycles. The van der Waals surface area contributed by atoms with Gasteiger partial charge in [-0.2, -0.15) is 0 Å². The molecule has 0 spiro atoms. The summed E-state index contributed by atoms with van der Waals surface area (Å²) in [7, 11) is 5.66. The van der Waals surface area contributed by atoms with Gasteiger partial charge in [-0.25, -0.2) is 0 Å². The standard InChI is InChI=1S/C21H37N5O2/c1-18(28-20-9-5-8-19(16-20)27-4)17-24-21(22-2)23-10-6-12-26-13-7-11-25(3)14-15-26/h5,8-9,16,18H,6-7,10-15,17H2,1-4H3,(H2,22,23,24). The molecule has 1 aromatic carbocycles. The molecule has 0 radical (unpaired) electrons. The number of aliphatic imine (C=N–C) groups is 1. The quantitative estimate of drug-likeness (QED) is 0.379. The molecule has 7 heteroatoms. The SMILES string of the molecule is CN=C(NCCCN1CCCN(C)CC1)NCC(C)Oc1cccc(OC)c1. The van der Waals surface area contributed by atoms with E-state index in [1.165, 1.54) is 32.6 Å². The van der Waals surface area contributed by atoms with E-state index in [0.29, 0.717) is 6.54 Å². The van der Waals surface area contributed by atoms with Crippen LogP contribution < -0.4 is 20.1 Å². The van der Waals surface area contributed by atoms with E-state index >= 15 is 0 Å². The number of benzene rings is 1. The zero-order valence-corrected chi connectivity index (χ0v) is 17.9. The zero-order chi connectivity index (χ0) is 20.2. The minimum absolute atomic E-state index is 0.0137. The van der Waals surface area contributed by atoms with Crippen molar-refractivity contribution in [2.45, 2.75) is 25.9 Å². The van der Waals surface area contributed by atoms with Crippen LogP contribution in [0.15, 0.2) is 29.3 Å². The number of hydrogen-bond donors (Lipinski definition) is 2. The van der Waals surface area contributed by atoms with Gasteiger partial charge >= 0.3 is 0 Å². The maximum atomic E-state index is 5.94. The molecule has 1 fully saturated rings. The van der Waals surface area contributed by atoms with Crippen LogP contribution in [0.1, 0.15) is 19.8 Å². The summed E-state index contributed by atoms with van der Waals surface area (Å²) in [5.74, 6) is 2.42. The zero-order valence-electron chi connectivity index (χ0n) is 17.9. The second-order valence-corrected chi connectivity index (χ2v) is 7.34. The molecule has 1 saturated heterocycles. The van der Waals surface area contributed by atoms with Gasteiger partial charge in [-0.05, 0) is 58.6 Å². The van der Waals surface area contributed by atoms with Crippen LogP contribution in [0, 0.1) is 0 Å². The third-order valence-electron chi connectivity index (χ3n) is 4.91. The monoisotopic (exact) mass is 391 g/mol. The highest BCUT2D eigenvalue weighted by Gasteiger charge is 2.11. The Bertz CT molecular complexity index is 596. The van der Waals surface area contributed by atoms with E-state index in [9.17, 15) is 0 Å². The molecule has 1 atom stereocenters. The minimum atomic E-state index is 0.0137. The fourth-order valence-corrected chi connectivity index (χ4v) is 3.24. The molecule has 1 aliphatic rings. The van der Waals surface area contributed by atoms with Crippen molar-refractivity contribution in [1.82, 2.24) is 20.4 Å². The molecule has 7 nitrogen and oxygen atoms in total. The normalized spacial score (nSPS) is 17.6. The van der Waals surface area contributed by atoms with Gasteiger partial charge < -0.3 is 29.9 Å². The van der Waals surface area contributed by atoms with Gasteiger partial charge in [0.1, 0.15) is 17.6 Å². The Morgan fingerprint density at radius 1 is 1.18 bits per heavy atom. The Kier molecular flexibility index (Phi) is 9.93. The molecule has 1 heterocycles. The van der Waals surface area contributed by atoms with Crippen LogP contribution in [-0.4, -0.2) is 88.9 Å². The molecule has 0 amide bonds. The van der Waals surface area contributed by atoms with Crippen molar-refractivity contribution >= 4 is 5.96 Å². The van der Waals surface area contributed by atoms with E-state index in [0.717, 1.165) is 37.0 Å². The summed E-state index contributed by atoms with van der Waals surface area (Å²) in [6.45, 7) is 9.51. The molecule has 28 heavy (non-hydrogen) atoms. The summed E-state index contributed by atoms with van der Waals surface area (Å²) in [5, 5.41) is 6.73. The molecule has 2 N–H and O–H groups in total. The Labute approximate surface area is 170 Å². The summed E-state index contributed by atoms with van der Waals surface area (Å²) in [4.78, 5) is 9.28. The van der Waals surface area contributed by atoms with Gasteiger partial charge in [-0.15, -0.1) is 0 Å². The van der Waals surface area contributed by atoms with Crippen LogP contribution in [-0.2, 0) is 0 Å². The van der Waals surface area contributed by atoms with Crippen LogP contribution in [0.2, 0.25) is 0 Å². The lowest BCUT2D eigenvalue weighted by atomic mass is 10.3. The van der Waals surface area contributed by atoms with Gasteiger partial charge in [0.05, 0.1) is 13.7 Å². The van der Waals surface area contributed by atoms with E-state index in [-0.39, 0.29) is 6.10 Å². The number of guanidine groups is 1. The van der Waals surface area contributed by atoms with Crippen molar-refractivity contribution in [1.29, 1.82) is 0 Å². The second-order valence-electron chi connectivity index (χ2n) is 7.34. The van der Waals surface area contributed by atoms with E-state index in [1.807, 2.05) is 31.2 Å². The Hall–Kier alpha value is -1.99. The summed E-state index contributed by atoms with van der Waals surface area (Å²) in [6.07, 6.45) is 2.39. The molecule has 158 valence electrons. The maximum absolute atomic E-state index is 5.94. The number of hydrogen-bond acceptors (Lipinski definition) is 5. The lowest BCUT2D eigenvalue weighted by molar-refractivity contribution is 0.223. The van der Waals surface area contributed by atoms with E-state index in [2.05, 4.69) is 32.5 Å². The van der Waals surface area contributed by atoms with Crippen LogP contribution >= 0.6 is 0 Å². The molecule has 0 saturated carbocycles. The van der Waals surface area contributed by atoms with Crippen LogP contribution in [0.3, 0.4) is 0 Å². The summed E-state index contributed by atoms with van der Waals surface area (Å²) in [6, 6.07) is 7.67. The largest absolute Gasteiger partial charge is 0.497 e. The van der Waals surface area contributed by atoms with Crippen LogP contribution in [0.5, 0.6) is 11.5 Å². The van der Waals surface area contributed by atoms with E-state index in [1.54, 1.807) is 14.2 Å². The first-order valence-corrected chi connectivity index (χ1v) is 10.3. The van der Waals surface area contributed by atoms with Gasteiger partial charge in [0.25, 0.3) is 0 Å². The third kappa shape index (κ3) is 8.35. The number of ether oxygens (including phenoxy) is 2. The van der Waals surface area contributed by atoms with Crippen LogP contribution in [0.4, 0.5) is 0 Å². The molecular weight excluding hydrogens is 354 g/mol. The highest BCUT2D eigenvalue weighted by atomic mass is 16.5. The Morgan fingerprint density at radius 3 is 2.79 bits per heavy atom. The average Bonchev–Trinajstić information content (AvgIpc) is 2.91. The van der Waals surface area contributed by atoms with Crippen molar-refractivity contribution in [3.05, 3.63) is 24.3 Å². The number of nitrogens with one attached hydrogen (secondary N) is 2. The summed E-state index contributed by atoms with van der Waals surface area (Å²) in [5.41, 5.74) is 0. The molecule has 1 aliphatic heterocycles. The van der Waals surface area contributed by atoms with Gasteiger partial charge in [-0.3, -0.25) is 4.99 Å². The average molecular weight is 392 g/mol. The van der Waals surface area contributed by atoms with Gasteiger partial charge in [0.15, 0.2) is 5.96 Å². The fourth-order valence-electron chi connectivity index (χ4n) is 3.24. The van der Waals surface area contributed by atoms with Gasteiger partial charge in [0.2, 0.25) is 0 Å². The molecular formula is C21H37N5O2. The second kappa shape index (κ2) is 12.5. The molecule has 0 bridgehead atoms. The predicted molar refractivity (Wildman–Crippen MR) is 116 cm³/mol. The van der Waals surface area contributed by atoms with Gasteiger partial charge in [-0.1, -0.05) is 6.07 Å². The number of likely N-dealkylation sites (N-methyl/N-ethyl adjacent to an activating group) is 1. The molecule has 1 unspecified atom stereocenters. The highest BCUT2D eigenvalue weighted by molar-refractivity contribution is 5.79. The maximum Gasteiger partial charge on any atom is 0.191 e. The molecule has 1 aromatic rings. The first-order chi connectivity index (χ1) is 13.6. The van der Waals surface area contributed by atoms with Crippen LogP contribution in [0.25, 0.3) is 0 Å². The van der Waals surface area contributed by atoms with Crippen molar-refractivity contribution in [3.63, 3.8) is 0 Å². The fraction of sp³-hybridized carbons (Fsp3) is 0.667. The lowest BCUT2D eigenvalue weighted by Crippen LogP contribution is -2.42. The molecule has 0 aromatic heterocycles. The Balaban J connectivity index is 1.62. The van der Waals surface area contributed by atoms with Gasteiger partial charge in [0, 0.05) is 32.7 Å². The van der Waals surface area contributed by atoms with Crippen molar-refractivity contribution in [3.8, 4) is 11.5 Å². The summed E-state index contributed by atoms with van der Waals surface area (Å²) < 4.78 is 11.2. The number of rotatable bonds is 9.